The molecular formula is C11H18O3. The Labute approximate surface area is 85.0 Å². The van der Waals surface area contributed by atoms with Crippen molar-refractivity contribution in [2.24, 2.45) is 0 Å². The van der Waals surface area contributed by atoms with Gasteiger partial charge < -0.3 is 4.74 Å². The lowest BCUT2D eigenvalue weighted by Crippen LogP contribution is -2.48. The second-order valence-corrected chi connectivity index (χ2v) is 4.39. The molecule has 2 fully saturated rings. The van der Waals surface area contributed by atoms with Crippen molar-refractivity contribution in [3.63, 3.8) is 0 Å². The Bertz CT molecular complexity index is 231. The second kappa shape index (κ2) is 3.65. The monoisotopic (exact) mass is 198 g/mol. The largest absolute Gasteiger partial charge is 0.341 e. The first-order valence-electron chi connectivity index (χ1n) is 5.31. The smallest absolute Gasteiger partial charge is 0.201 e. The minimum absolute atomic E-state index is 0.0411. The van der Waals surface area contributed by atoms with Crippen LogP contribution in [0.1, 0.15) is 39.5 Å². The maximum absolute atomic E-state index is 5.90. The van der Waals surface area contributed by atoms with Crippen LogP contribution in [0.3, 0.4) is 0 Å². The Morgan fingerprint density at radius 2 is 2.00 bits per heavy atom. The van der Waals surface area contributed by atoms with Gasteiger partial charge in [-0.05, 0) is 32.3 Å². The van der Waals surface area contributed by atoms with Gasteiger partial charge in [0.2, 0.25) is 5.79 Å². The van der Waals surface area contributed by atoms with Crippen LogP contribution in [0.2, 0.25) is 0 Å². The highest BCUT2D eigenvalue weighted by Crippen LogP contribution is 2.40. The van der Waals surface area contributed by atoms with Crippen molar-refractivity contribution >= 4 is 0 Å². The summed E-state index contributed by atoms with van der Waals surface area (Å²) in [5.41, 5.74) is 0.949. The third kappa shape index (κ3) is 1.72. The van der Waals surface area contributed by atoms with Crippen LogP contribution in [0.25, 0.3) is 0 Å². The fourth-order valence-electron chi connectivity index (χ4n) is 2.24. The molecule has 3 nitrogen and oxygen atoms in total. The van der Waals surface area contributed by atoms with E-state index in [1.165, 1.54) is 0 Å². The fraction of sp³-hybridized carbons (Fsp3) is 0.818. The van der Waals surface area contributed by atoms with Crippen LogP contribution < -0.4 is 0 Å². The van der Waals surface area contributed by atoms with E-state index in [2.05, 4.69) is 6.58 Å². The Hall–Kier alpha value is -0.380. The van der Waals surface area contributed by atoms with Gasteiger partial charge in [-0.25, -0.2) is 9.78 Å². The zero-order valence-corrected chi connectivity index (χ0v) is 8.91. The van der Waals surface area contributed by atoms with Gasteiger partial charge in [-0.3, -0.25) is 0 Å². The number of hydrogen-bond acceptors (Lipinski definition) is 3. The third-order valence-electron chi connectivity index (χ3n) is 2.98. The Kier molecular flexibility index (Phi) is 2.64. The molecule has 3 heteroatoms. The van der Waals surface area contributed by atoms with Crippen molar-refractivity contribution in [1.29, 1.82) is 0 Å². The first-order valence-corrected chi connectivity index (χ1v) is 5.31. The molecule has 14 heavy (non-hydrogen) atoms. The van der Waals surface area contributed by atoms with Crippen molar-refractivity contribution in [2.75, 3.05) is 0 Å². The van der Waals surface area contributed by atoms with Crippen LogP contribution >= 0.6 is 0 Å². The summed E-state index contributed by atoms with van der Waals surface area (Å²) < 4.78 is 5.90. The average molecular weight is 198 g/mol. The van der Waals surface area contributed by atoms with Crippen molar-refractivity contribution in [3.05, 3.63) is 12.2 Å². The molecule has 2 aliphatic rings. The standard InChI is InChI=1S/C11H18O3/c1-8(2)10-9(3)12-11(14-13-10)6-4-5-7-11/h9-10H,1,4-7H2,2-3H3/t9-,10-/m1/s1. The van der Waals surface area contributed by atoms with Gasteiger partial charge in [0.15, 0.2) is 0 Å². The van der Waals surface area contributed by atoms with Gasteiger partial charge in [0.1, 0.15) is 6.10 Å². The summed E-state index contributed by atoms with van der Waals surface area (Å²) in [6, 6.07) is 0. The van der Waals surface area contributed by atoms with E-state index in [0.717, 1.165) is 31.3 Å². The second-order valence-electron chi connectivity index (χ2n) is 4.39. The van der Waals surface area contributed by atoms with Crippen LogP contribution in [-0.4, -0.2) is 18.0 Å². The van der Waals surface area contributed by atoms with E-state index in [9.17, 15) is 0 Å². The predicted molar refractivity (Wildman–Crippen MR) is 52.5 cm³/mol. The van der Waals surface area contributed by atoms with E-state index in [0.29, 0.717) is 0 Å². The van der Waals surface area contributed by atoms with E-state index in [4.69, 9.17) is 14.5 Å². The molecule has 0 radical (unpaired) electrons. The summed E-state index contributed by atoms with van der Waals surface area (Å²) in [6.45, 7) is 7.81. The van der Waals surface area contributed by atoms with E-state index < -0.39 is 5.79 Å². The number of ether oxygens (including phenoxy) is 1. The van der Waals surface area contributed by atoms with Crippen molar-refractivity contribution in [2.45, 2.75) is 57.5 Å². The molecule has 0 N–H and O–H groups in total. The molecule has 0 aromatic carbocycles. The zero-order valence-electron chi connectivity index (χ0n) is 8.91. The van der Waals surface area contributed by atoms with Gasteiger partial charge >= 0.3 is 0 Å². The molecule has 1 aliphatic heterocycles. The first-order chi connectivity index (χ1) is 6.63. The molecule has 2 rings (SSSR count). The normalized spacial score (nSPS) is 36.1. The summed E-state index contributed by atoms with van der Waals surface area (Å²) >= 11 is 0. The number of rotatable bonds is 1. The molecule has 1 spiro atoms. The zero-order chi connectivity index (χ0) is 10.2. The Balaban J connectivity index is 2.02. The summed E-state index contributed by atoms with van der Waals surface area (Å²) in [5.74, 6) is -0.453. The van der Waals surface area contributed by atoms with Crippen LogP contribution in [0.5, 0.6) is 0 Å². The molecule has 1 saturated heterocycles. The third-order valence-corrected chi connectivity index (χ3v) is 2.98. The molecule has 0 aromatic heterocycles. The average Bonchev–Trinajstić information content (AvgIpc) is 2.52. The molecule has 2 atom stereocenters. The highest BCUT2D eigenvalue weighted by Gasteiger charge is 2.45. The summed E-state index contributed by atoms with van der Waals surface area (Å²) in [5, 5.41) is 0. The minimum atomic E-state index is -0.453. The molecule has 1 heterocycles. The highest BCUT2D eigenvalue weighted by molar-refractivity contribution is 5.02. The molecule has 0 aromatic rings. The molecular weight excluding hydrogens is 180 g/mol. The summed E-state index contributed by atoms with van der Waals surface area (Å²) in [6.07, 6.45) is 4.13. The molecule has 1 aliphatic carbocycles. The van der Waals surface area contributed by atoms with E-state index >= 15 is 0 Å². The Morgan fingerprint density at radius 1 is 1.36 bits per heavy atom. The van der Waals surface area contributed by atoms with Crippen LogP contribution in [0, 0.1) is 0 Å². The van der Waals surface area contributed by atoms with E-state index in [1.807, 2.05) is 13.8 Å². The van der Waals surface area contributed by atoms with E-state index in [-0.39, 0.29) is 12.2 Å². The SMILES string of the molecule is C=C(C)[C@H]1OOC2(CCCC2)O[C@@H]1C. The topological polar surface area (TPSA) is 27.7 Å². The Morgan fingerprint density at radius 3 is 2.50 bits per heavy atom. The van der Waals surface area contributed by atoms with Gasteiger partial charge in [0.25, 0.3) is 0 Å². The quantitative estimate of drug-likeness (QED) is 0.478. The predicted octanol–water partition coefficient (Wildman–Crippen LogP) is 2.57. The summed E-state index contributed by atoms with van der Waals surface area (Å²) in [7, 11) is 0. The van der Waals surface area contributed by atoms with E-state index in [1.54, 1.807) is 0 Å². The summed E-state index contributed by atoms with van der Waals surface area (Å²) in [4.78, 5) is 10.8. The molecule has 0 amide bonds. The molecule has 0 unspecified atom stereocenters. The minimum Gasteiger partial charge on any atom is -0.341 e. The molecule has 80 valence electrons. The van der Waals surface area contributed by atoms with Crippen LogP contribution in [0.15, 0.2) is 12.2 Å². The lowest BCUT2D eigenvalue weighted by atomic mass is 10.1. The van der Waals surface area contributed by atoms with Crippen molar-refractivity contribution < 1.29 is 14.5 Å². The maximum atomic E-state index is 5.90. The van der Waals surface area contributed by atoms with Gasteiger partial charge in [0, 0.05) is 12.8 Å². The molecule has 0 bridgehead atoms. The van der Waals surface area contributed by atoms with Crippen LogP contribution in [0.4, 0.5) is 0 Å². The van der Waals surface area contributed by atoms with Gasteiger partial charge in [-0.1, -0.05) is 6.58 Å². The van der Waals surface area contributed by atoms with Gasteiger partial charge in [-0.15, -0.1) is 0 Å². The lowest BCUT2D eigenvalue weighted by molar-refractivity contribution is -0.492. The number of hydrogen-bond donors (Lipinski definition) is 0. The van der Waals surface area contributed by atoms with Crippen LogP contribution in [-0.2, 0) is 14.5 Å². The highest BCUT2D eigenvalue weighted by atomic mass is 17.2. The maximum Gasteiger partial charge on any atom is 0.201 e. The van der Waals surface area contributed by atoms with Crippen molar-refractivity contribution in [1.82, 2.24) is 0 Å². The van der Waals surface area contributed by atoms with Crippen molar-refractivity contribution in [3.8, 4) is 0 Å². The van der Waals surface area contributed by atoms with Gasteiger partial charge in [-0.2, -0.15) is 0 Å². The lowest BCUT2D eigenvalue weighted by Gasteiger charge is -2.40. The van der Waals surface area contributed by atoms with Gasteiger partial charge in [0.05, 0.1) is 6.10 Å². The first kappa shape index (κ1) is 10.1. The molecule has 1 saturated carbocycles. The fourth-order valence-corrected chi connectivity index (χ4v) is 2.24.